The van der Waals surface area contributed by atoms with Crippen LogP contribution in [0.15, 0.2) is 29.0 Å². The number of rotatable bonds is 1. The van der Waals surface area contributed by atoms with Crippen molar-refractivity contribution in [3.8, 4) is 5.75 Å². The van der Waals surface area contributed by atoms with Gasteiger partial charge in [-0.15, -0.1) is 0 Å². The molecule has 0 spiro atoms. The van der Waals surface area contributed by atoms with Gasteiger partial charge in [0.1, 0.15) is 11.1 Å². The molecule has 0 fully saturated rings. The molecule has 1 aromatic carbocycles. The molecule has 0 atom stereocenters. The van der Waals surface area contributed by atoms with Gasteiger partial charge in [0, 0.05) is 4.47 Å². The summed E-state index contributed by atoms with van der Waals surface area (Å²) >= 11 is 6.50. The number of methoxy groups -OCH3 is 1. The highest BCUT2D eigenvalue weighted by atomic mass is 79.9. The van der Waals surface area contributed by atoms with Gasteiger partial charge in [0.15, 0.2) is 0 Å². The van der Waals surface area contributed by atoms with Crippen LogP contribution < -0.4 is 16.1 Å². The summed E-state index contributed by atoms with van der Waals surface area (Å²) in [7, 11) is 1.43. The number of aromatic nitrogens is 1. The Morgan fingerprint density at radius 3 is 2.62 bits per heavy atom. The molecule has 1 N–H and O–H groups in total. The lowest BCUT2D eigenvalue weighted by Crippen LogP contribution is -2.15. The summed E-state index contributed by atoms with van der Waals surface area (Å²) in [5.74, 6) is -0.481. The van der Waals surface area contributed by atoms with Crippen molar-refractivity contribution < 1.29 is 9.15 Å². The smallest absolute Gasteiger partial charge is 0.419 e. The third-order valence-electron chi connectivity index (χ3n) is 2.01. The van der Waals surface area contributed by atoms with Crippen molar-refractivity contribution in [2.24, 2.45) is 0 Å². The molecule has 2 rings (SSSR count). The number of nitrogens with one attached hydrogen (secondary N) is 1. The van der Waals surface area contributed by atoms with Crippen molar-refractivity contribution in [3.05, 3.63) is 36.0 Å². The molecule has 1 heterocycles. The summed E-state index contributed by atoms with van der Waals surface area (Å²) in [6.45, 7) is 0. The first kappa shape index (κ1) is 11.4. The van der Waals surface area contributed by atoms with Crippen LogP contribution in [-0.2, 0) is 0 Å². The molecule has 0 saturated carbocycles. The summed E-state index contributed by atoms with van der Waals surface area (Å²) in [5.41, 5.74) is -0.390. The molecule has 2 aromatic rings. The molecular weight excluding hydrogens is 346 g/mol. The Morgan fingerprint density at radius 1 is 1.31 bits per heavy atom. The predicted molar refractivity (Wildman–Crippen MR) is 65.1 cm³/mol. The normalized spacial score (nSPS) is 10.7. The van der Waals surface area contributed by atoms with Gasteiger partial charge in [-0.05, 0) is 37.9 Å². The van der Waals surface area contributed by atoms with Gasteiger partial charge in [-0.25, -0.2) is 9.59 Å². The lowest BCUT2D eigenvalue weighted by atomic mass is 10.2. The van der Waals surface area contributed by atoms with Gasteiger partial charge in [-0.2, -0.15) is 0 Å². The predicted octanol–water partition coefficient (Wildman–Crippen LogP) is 2.01. The SMILES string of the molecule is COc1c(Br)cc(Br)c2[nH]c(=O)oc(=O)c12. The van der Waals surface area contributed by atoms with E-state index in [0.717, 1.165) is 0 Å². The van der Waals surface area contributed by atoms with Gasteiger partial charge in [-0.1, -0.05) is 0 Å². The van der Waals surface area contributed by atoms with Gasteiger partial charge in [0.05, 0.1) is 17.1 Å². The van der Waals surface area contributed by atoms with E-state index in [4.69, 9.17) is 4.74 Å². The Balaban J connectivity index is 3.12. The molecule has 84 valence electrons. The quantitative estimate of drug-likeness (QED) is 0.854. The molecule has 0 unspecified atom stereocenters. The number of H-pyrrole nitrogens is 1. The maximum Gasteiger partial charge on any atom is 0.419 e. The van der Waals surface area contributed by atoms with E-state index in [1.807, 2.05) is 0 Å². The fourth-order valence-electron chi connectivity index (χ4n) is 1.38. The molecule has 0 amide bonds. The molecule has 0 saturated heterocycles. The zero-order chi connectivity index (χ0) is 11.9. The van der Waals surface area contributed by atoms with E-state index in [9.17, 15) is 9.59 Å². The van der Waals surface area contributed by atoms with Crippen LogP contribution in [0.3, 0.4) is 0 Å². The minimum Gasteiger partial charge on any atom is -0.495 e. The second-order valence-corrected chi connectivity index (χ2v) is 4.63. The summed E-state index contributed by atoms with van der Waals surface area (Å²) in [6.07, 6.45) is 0. The number of ether oxygens (including phenoxy) is 1. The van der Waals surface area contributed by atoms with Crippen LogP contribution in [0.1, 0.15) is 0 Å². The Labute approximate surface area is 106 Å². The maximum absolute atomic E-state index is 11.6. The monoisotopic (exact) mass is 349 g/mol. The van der Waals surface area contributed by atoms with Gasteiger partial charge in [0.2, 0.25) is 0 Å². The number of hydrogen-bond donors (Lipinski definition) is 1. The average Bonchev–Trinajstić information content (AvgIpc) is 2.20. The third-order valence-corrected chi connectivity index (χ3v) is 3.22. The van der Waals surface area contributed by atoms with Gasteiger partial charge in [-0.3, -0.25) is 4.98 Å². The highest BCUT2D eigenvalue weighted by Gasteiger charge is 2.15. The molecule has 0 aliphatic rings. The summed E-state index contributed by atoms with van der Waals surface area (Å²) in [5, 5.41) is 0.184. The topological polar surface area (TPSA) is 72.3 Å². The van der Waals surface area contributed by atoms with E-state index in [-0.39, 0.29) is 5.39 Å². The van der Waals surface area contributed by atoms with Crippen molar-refractivity contribution in [2.45, 2.75) is 0 Å². The zero-order valence-corrected chi connectivity index (χ0v) is 11.1. The molecule has 0 bridgehead atoms. The van der Waals surface area contributed by atoms with Crippen molar-refractivity contribution in [2.75, 3.05) is 7.11 Å². The van der Waals surface area contributed by atoms with E-state index in [1.165, 1.54) is 7.11 Å². The van der Waals surface area contributed by atoms with Crippen LogP contribution in [0.5, 0.6) is 5.75 Å². The number of benzene rings is 1. The van der Waals surface area contributed by atoms with E-state index >= 15 is 0 Å². The standard InChI is InChI=1S/C9H5Br2NO4/c1-15-7-4(11)2-3(10)6-5(7)8(13)16-9(14)12-6/h2H,1H3,(H,12,14). The zero-order valence-electron chi connectivity index (χ0n) is 7.97. The Bertz CT molecular complexity index is 673. The fraction of sp³-hybridized carbons (Fsp3) is 0.111. The molecule has 0 aliphatic carbocycles. The minimum atomic E-state index is -0.803. The molecular formula is C9H5Br2NO4. The van der Waals surface area contributed by atoms with Gasteiger partial charge in [0.25, 0.3) is 0 Å². The third kappa shape index (κ3) is 1.69. The van der Waals surface area contributed by atoms with Crippen molar-refractivity contribution in [3.63, 3.8) is 0 Å². The number of hydrogen-bond acceptors (Lipinski definition) is 4. The van der Waals surface area contributed by atoms with E-state index in [0.29, 0.717) is 20.2 Å². The highest BCUT2D eigenvalue weighted by Crippen LogP contribution is 2.35. The Morgan fingerprint density at radius 2 is 2.00 bits per heavy atom. The molecule has 0 radical (unpaired) electrons. The lowest BCUT2D eigenvalue weighted by molar-refractivity contribution is 0.410. The first-order chi connectivity index (χ1) is 7.54. The van der Waals surface area contributed by atoms with Crippen LogP contribution in [0.25, 0.3) is 10.9 Å². The molecule has 1 aromatic heterocycles. The second-order valence-electron chi connectivity index (χ2n) is 2.93. The second kappa shape index (κ2) is 4.06. The number of fused-ring (bicyclic) bond motifs is 1. The van der Waals surface area contributed by atoms with Crippen LogP contribution in [0.4, 0.5) is 0 Å². The molecule has 0 aliphatic heterocycles. The Hall–Kier alpha value is -1.08. The fourth-order valence-corrected chi connectivity index (χ4v) is 2.80. The molecule has 7 heteroatoms. The highest BCUT2D eigenvalue weighted by molar-refractivity contribution is 9.11. The maximum atomic E-state index is 11.6. The summed E-state index contributed by atoms with van der Waals surface area (Å²) in [6, 6.07) is 1.68. The first-order valence-corrected chi connectivity index (χ1v) is 5.72. The largest absolute Gasteiger partial charge is 0.495 e. The Kier molecular flexibility index (Phi) is 2.90. The van der Waals surface area contributed by atoms with Gasteiger partial charge >= 0.3 is 11.4 Å². The van der Waals surface area contributed by atoms with Crippen molar-refractivity contribution in [1.82, 2.24) is 4.98 Å². The number of aromatic amines is 1. The van der Waals surface area contributed by atoms with Crippen molar-refractivity contribution in [1.29, 1.82) is 0 Å². The summed E-state index contributed by atoms with van der Waals surface area (Å²) in [4.78, 5) is 25.1. The van der Waals surface area contributed by atoms with Crippen LogP contribution in [0, 0.1) is 0 Å². The summed E-state index contributed by atoms with van der Waals surface area (Å²) < 4.78 is 10.7. The minimum absolute atomic E-state index is 0.184. The molecule has 5 nitrogen and oxygen atoms in total. The molecule has 16 heavy (non-hydrogen) atoms. The number of halogens is 2. The van der Waals surface area contributed by atoms with Crippen LogP contribution >= 0.6 is 31.9 Å². The lowest BCUT2D eigenvalue weighted by Gasteiger charge is -2.07. The van der Waals surface area contributed by atoms with E-state index in [2.05, 4.69) is 41.3 Å². The first-order valence-electron chi connectivity index (χ1n) is 4.13. The van der Waals surface area contributed by atoms with Gasteiger partial charge < -0.3 is 9.15 Å². The van der Waals surface area contributed by atoms with Crippen LogP contribution in [-0.4, -0.2) is 12.1 Å². The van der Waals surface area contributed by atoms with E-state index < -0.39 is 11.4 Å². The van der Waals surface area contributed by atoms with Crippen molar-refractivity contribution >= 4 is 42.8 Å². The van der Waals surface area contributed by atoms with E-state index in [1.54, 1.807) is 6.07 Å². The average molecular weight is 351 g/mol. The van der Waals surface area contributed by atoms with Crippen LogP contribution in [0.2, 0.25) is 0 Å².